The normalized spacial score (nSPS) is 16.7. The third-order valence-corrected chi connectivity index (χ3v) is 6.41. The van der Waals surface area contributed by atoms with E-state index in [-0.39, 0.29) is 0 Å². The molecular formula is C20H29N5O3S. The number of nitrogens with one attached hydrogen (secondary N) is 2. The van der Waals surface area contributed by atoms with E-state index in [2.05, 4.69) is 20.6 Å². The van der Waals surface area contributed by atoms with Crippen LogP contribution in [0.3, 0.4) is 0 Å². The van der Waals surface area contributed by atoms with E-state index in [4.69, 9.17) is 4.42 Å². The Morgan fingerprint density at radius 2 is 1.93 bits per heavy atom. The minimum Gasteiger partial charge on any atom is -0.444 e. The molecule has 2 N–H and O–H groups in total. The van der Waals surface area contributed by atoms with Crippen molar-refractivity contribution in [1.82, 2.24) is 19.9 Å². The fourth-order valence-electron chi connectivity index (χ4n) is 3.30. The van der Waals surface area contributed by atoms with Gasteiger partial charge in [-0.1, -0.05) is 17.7 Å². The van der Waals surface area contributed by atoms with Crippen molar-refractivity contribution in [3.05, 3.63) is 41.8 Å². The summed E-state index contributed by atoms with van der Waals surface area (Å²) in [4.78, 5) is 8.77. The standard InChI is InChI=1S/C20H29N5O3S/c1-15-4-6-17(7-5-15)19-24-18(14-28-19)13-23-20(21-2)22-12-16-8-10-25(11-9-16)29(3,26)27/h4-7,14,16H,8-13H2,1-3H3,(H2,21,22,23). The summed E-state index contributed by atoms with van der Waals surface area (Å²) in [6.07, 6.45) is 4.61. The summed E-state index contributed by atoms with van der Waals surface area (Å²) in [5, 5.41) is 6.56. The molecule has 1 saturated heterocycles. The van der Waals surface area contributed by atoms with Gasteiger partial charge in [-0.15, -0.1) is 0 Å². The Morgan fingerprint density at radius 1 is 1.24 bits per heavy atom. The largest absolute Gasteiger partial charge is 0.444 e. The van der Waals surface area contributed by atoms with Crippen LogP contribution in [0.4, 0.5) is 0 Å². The van der Waals surface area contributed by atoms with Crippen molar-refractivity contribution in [3.8, 4) is 11.5 Å². The molecule has 0 aliphatic carbocycles. The van der Waals surface area contributed by atoms with Gasteiger partial charge >= 0.3 is 0 Å². The molecule has 3 rings (SSSR count). The third-order valence-electron chi connectivity index (χ3n) is 5.11. The molecule has 0 saturated carbocycles. The number of aromatic nitrogens is 1. The van der Waals surface area contributed by atoms with E-state index < -0.39 is 10.0 Å². The van der Waals surface area contributed by atoms with E-state index >= 15 is 0 Å². The van der Waals surface area contributed by atoms with Crippen molar-refractivity contribution in [2.24, 2.45) is 10.9 Å². The predicted octanol–water partition coefficient (Wildman–Crippen LogP) is 1.99. The number of hydrogen-bond donors (Lipinski definition) is 2. The van der Waals surface area contributed by atoms with Gasteiger partial charge in [-0.2, -0.15) is 0 Å². The van der Waals surface area contributed by atoms with E-state index in [1.807, 2.05) is 31.2 Å². The number of rotatable bonds is 6. The van der Waals surface area contributed by atoms with Crippen LogP contribution in [0.25, 0.3) is 11.5 Å². The summed E-state index contributed by atoms with van der Waals surface area (Å²) in [5.41, 5.74) is 2.94. The number of piperidine rings is 1. The van der Waals surface area contributed by atoms with Crippen molar-refractivity contribution >= 4 is 16.0 Å². The zero-order valence-corrected chi connectivity index (χ0v) is 18.0. The monoisotopic (exact) mass is 419 g/mol. The number of hydrogen-bond acceptors (Lipinski definition) is 5. The Bertz CT molecular complexity index is 929. The number of benzene rings is 1. The van der Waals surface area contributed by atoms with Crippen LogP contribution in [0, 0.1) is 12.8 Å². The highest BCUT2D eigenvalue weighted by atomic mass is 32.2. The quantitative estimate of drug-likeness (QED) is 0.549. The topological polar surface area (TPSA) is 99.8 Å². The molecule has 29 heavy (non-hydrogen) atoms. The van der Waals surface area contributed by atoms with Gasteiger partial charge in [0.15, 0.2) is 5.96 Å². The zero-order valence-electron chi connectivity index (χ0n) is 17.2. The van der Waals surface area contributed by atoms with E-state index in [0.29, 0.717) is 37.4 Å². The molecule has 2 aromatic rings. The first-order valence-electron chi connectivity index (χ1n) is 9.76. The molecule has 9 heteroatoms. The van der Waals surface area contributed by atoms with Gasteiger partial charge in [0.05, 0.1) is 18.5 Å². The molecule has 158 valence electrons. The average Bonchev–Trinajstić information content (AvgIpc) is 3.17. The molecule has 8 nitrogen and oxygen atoms in total. The van der Waals surface area contributed by atoms with Gasteiger partial charge in [-0.25, -0.2) is 17.7 Å². The van der Waals surface area contributed by atoms with Crippen LogP contribution < -0.4 is 10.6 Å². The van der Waals surface area contributed by atoms with Crippen LogP contribution >= 0.6 is 0 Å². The molecule has 1 aliphatic rings. The lowest BCUT2D eigenvalue weighted by molar-refractivity contribution is 0.275. The fraction of sp³-hybridized carbons (Fsp3) is 0.500. The first-order chi connectivity index (χ1) is 13.8. The van der Waals surface area contributed by atoms with Crippen molar-refractivity contribution < 1.29 is 12.8 Å². The van der Waals surface area contributed by atoms with Crippen LogP contribution in [-0.2, 0) is 16.6 Å². The molecule has 0 amide bonds. The molecule has 1 aromatic carbocycles. The second-order valence-corrected chi connectivity index (χ2v) is 9.40. The van der Waals surface area contributed by atoms with Crippen LogP contribution in [0.5, 0.6) is 0 Å². The Hall–Kier alpha value is -2.39. The van der Waals surface area contributed by atoms with Crippen LogP contribution in [0.15, 0.2) is 39.9 Å². The maximum atomic E-state index is 11.6. The smallest absolute Gasteiger partial charge is 0.226 e. The van der Waals surface area contributed by atoms with E-state index in [1.165, 1.54) is 11.8 Å². The number of guanidine groups is 1. The van der Waals surface area contributed by atoms with E-state index in [0.717, 1.165) is 30.6 Å². The molecule has 0 radical (unpaired) electrons. The number of aliphatic imine (C=N–C) groups is 1. The summed E-state index contributed by atoms with van der Waals surface area (Å²) in [6.45, 7) is 4.46. The molecule has 0 bridgehead atoms. The lowest BCUT2D eigenvalue weighted by atomic mass is 9.98. The van der Waals surface area contributed by atoms with Gasteiger partial charge in [0.2, 0.25) is 15.9 Å². The van der Waals surface area contributed by atoms with Crippen molar-refractivity contribution in [2.45, 2.75) is 26.3 Å². The van der Waals surface area contributed by atoms with Crippen LogP contribution in [-0.4, -0.2) is 56.6 Å². The molecule has 1 aliphatic heterocycles. The Balaban J connectivity index is 1.45. The van der Waals surface area contributed by atoms with Gasteiger partial charge in [0, 0.05) is 32.2 Å². The number of nitrogens with zero attached hydrogens (tertiary/aromatic N) is 3. The number of oxazole rings is 1. The Labute approximate surface area is 172 Å². The molecular weight excluding hydrogens is 390 g/mol. The predicted molar refractivity (Wildman–Crippen MR) is 114 cm³/mol. The highest BCUT2D eigenvalue weighted by Gasteiger charge is 2.24. The van der Waals surface area contributed by atoms with Gasteiger partial charge < -0.3 is 15.1 Å². The summed E-state index contributed by atoms with van der Waals surface area (Å²) in [6, 6.07) is 8.05. The second-order valence-electron chi connectivity index (χ2n) is 7.42. The maximum Gasteiger partial charge on any atom is 0.226 e. The lowest BCUT2D eigenvalue weighted by Crippen LogP contribution is -2.43. The minimum absolute atomic E-state index is 0.423. The highest BCUT2D eigenvalue weighted by Crippen LogP contribution is 2.19. The van der Waals surface area contributed by atoms with Gasteiger partial charge in [0.1, 0.15) is 6.26 Å². The Kier molecular flexibility index (Phi) is 6.92. The highest BCUT2D eigenvalue weighted by molar-refractivity contribution is 7.88. The first kappa shape index (κ1) is 21.3. The van der Waals surface area contributed by atoms with Crippen LogP contribution in [0.1, 0.15) is 24.1 Å². The number of aryl methyl sites for hydroxylation is 1. The molecule has 0 unspecified atom stereocenters. The van der Waals surface area contributed by atoms with E-state index in [1.54, 1.807) is 17.6 Å². The van der Waals surface area contributed by atoms with Crippen LogP contribution in [0.2, 0.25) is 0 Å². The Morgan fingerprint density at radius 3 is 2.55 bits per heavy atom. The molecule has 1 aromatic heterocycles. The molecule has 2 heterocycles. The molecule has 0 atom stereocenters. The van der Waals surface area contributed by atoms with E-state index in [9.17, 15) is 8.42 Å². The number of sulfonamides is 1. The minimum atomic E-state index is -3.08. The average molecular weight is 420 g/mol. The summed E-state index contributed by atoms with van der Waals surface area (Å²) in [7, 11) is -1.36. The van der Waals surface area contributed by atoms with Crippen molar-refractivity contribution in [3.63, 3.8) is 0 Å². The maximum absolute atomic E-state index is 11.6. The zero-order chi connectivity index (χ0) is 20.9. The second kappa shape index (κ2) is 9.41. The van der Waals surface area contributed by atoms with Crippen molar-refractivity contribution in [2.75, 3.05) is 32.9 Å². The van der Waals surface area contributed by atoms with Gasteiger partial charge in [-0.05, 0) is 37.8 Å². The van der Waals surface area contributed by atoms with Crippen molar-refractivity contribution in [1.29, 1.82) is 0 Å². The summed E-state index contributed by atoms with van der Waals surface area (Å²) >= 11 is 0. The SMILES string of the molecule is CN=C(NCc1coc(-c2ccc(C)cc2)n1)NCC1CCN(S(C)(=O)=O)CC1. The summed E-state index contributed by atoms with van der Waals surface area (Å²) < 4.78 is 30.3. The fourth-order valence-corrected chi connectivity index (χ4v) is 4.17. The molecule has 0 spiro atoms. The summed E-state index contributed by atoms with van der Waals surface area (Å²) in [5.74, 6) is 1.71. The molecule has 1 fully saturated rings. The van der Waals surface area contributed by atoms with Gasteiger partial charge in [-0.3, -0.25) is 4.99 Å². The van der Waals surface area contributed by atoms with Gasteiger partial charge in [0.25, 0.3) is 0 Å². The third kappa shape index (κ3) is 6.04. The lowest BCUT2D eigenvalue weighted by Gasteiger charge is -2.30. The first-order valence-corrected chi connectivity index (χ1v) is 11.6.